The fourth-order valence-electron chi connectivity index (χ4n) is 6.52. The van der Waals surface area contributed by atoms with Gasteiger partial charge in [-0.1, -0.05) is 97.1 Å². The van der Waals surface area contributed by atoms with Gasteiger partial charge in [0.1, 0.15) is 5.58 Å². The van der Waals surface area contributed by atoms with E-state index < -0.39 is 0 Å². The van der Waals surface area contributed by atoms with Gasteiger partial charge in [-0.15, -0.1) is 0 Å². The number of fused-ring (bicyclic) bond motifs is 8. The third-order valence-corrected chi connectivity index (χ3v) is 8.34. The van der Waals surface area contributed by atoms with Gasteiger partial charge in [0.25, 0.3) is 0 Å². The Morgan fingerprint density at radius 1 is 0.390 bits per heavy atom. The third kappa shape index (κ3) is 3.20. The van der Waals surface area contributed by atoms with Gasteiger partial charge in [-0.25, -0.2) is 0 Å². The molecule has 192 valence electrons. The Morgan fingerprint density at radius 2 is 0.976 bits per heavy atom. The zero-order valence-electron chi connectivity index (χ0n) is 22.2. The summed E-state index contributed by atoms with van der Waals surface area (Å²) in [6.45, 7) is 0. The maximum atomic E-state index is 6.43. The summed E-state index contributed by atoms with van der Waals surface area (Å²) in [7, 11) is 0. The van der Waals surface area contributed by atoms with Crippen LogP contribution in [0.2, 0.25) is 0 Å². The third-order valence-electron chi connectivity index (χ3n) is 8.34. The van der Waals surface area contributed by atoms with Crippen LogP contribution < -0.4 is 0 Å². The number of para-hydroxylation sites is 4. The SMILES string of the molecule is c1cc(-c2ccc(-n3c4ccccc4c4c5ccccc5oc43)cc2)cc(-n2c3ccccc3c3ccccc32)c1. The molecule has 41 heavy (non-hydrogen) atoms. The Morgan fingerprint density at radius 3 is 1.68 bits per heavy atom. The van der Waals surface area contributed by atoms with E-state index in [1.165, 1.54) is 43.7 Å². The van der Waals surface area contributed by atoms with E-state index in [-0.39, 0.29) is 0 Å². The molecule has 3 nitrogen and oxygen atoms in total. The summed E-state index contributed by atoms with van der Waals surface area (Å²) in [4.78, 5) is 0. The van der Waals surface area contributed by atoms with E-state index in [0.29, 0.717) is 0 Å². The summed E-state index contributed by atoms with van der Waals surface area (Å²) in [5.74, 6) is 0. The van der Waals surface area contributed by atoms with Crippen LogP contribution in [0.25, 0.3) is 77.3 Å². The molecule has 0 fully saturated rings. The molecule has 0 atom stereocenters. The fourth-order valence-corrected chi connectivity index (χ4v) is 6.52. The van der Waals surface area contributed by atoms with Gasteiger partial charge in [-0.05, 0) is 59.7 Å². The topological polar surface area (TPSA) is 23.0 Å². The Hall–Kier alpha value is -5.54. The lowest BCUT2D eigenvalue weighted by atomic mass is 10.0. The Labute approximate surface area is 236 Å². The van der Waals surface area contributed by atoms with Crippen LogP contribution >= 0.6 is 0 Å². The van der Waals surface area contributed by atoms with Crippen molar-refractivity contribution in [1.82, 2.24) is 9.13 Å². The highest BCUT2D eigenvalue weighted by molar-refractivity contribution is 6.19. The Bertz CT molecular complexity index is 2360. The van der Waals surface area contributed by atoms with E-state index in [9.17, 15) is 0 Å². The molecular formula is C38H24N2O. The summed E-state index contributed by atoms with van der Waals surface area (Å²) in [5, 5.41) is 6.06. The summed E-state index contributed by atoms with van der Waals surface area (Å²) in [6, 6.07) is 51.8. The first-order valence-electron chi connectivity index (χ1n) is 14.0. The minimum absolute atomic E-state index is 0.883. The monoisotopic (exact) mass is 524 g/mol. The minimum Gasteiger partial charge on any atom is -0.439 e. The van der Waals surface area contributed by atoms with E-state index in [4.69, 9.17) is 4.42 Å². The highest BCUT2D eigenvalue weighted by Crippen LogP contribution is 2.39. The van der Waals surface area contributed by atoms with Crippen LogP contribution in [0.5, 0.6) is 0 Å². The van der Waals surface area contributed by atoms with Gasteiger partial charge >= 0.3 is 0 Å². The van der Waals surface area contributed by atoms with Crippen molar-refractivity contribution >= 4 is 54.8 Å². The van der Waals surface area contributed by atoms with Gasteiger partial charge in [0, 0.05) is 32.9 Å². The minimum atomic E-state index is 0.883. The molecule has 6 aromatic carbocycles. The first-order valence-corrected chi connectivity index (χ1v) is 14.0. The van der Waals surface area contributed by atoms with Gasteiger partial charge in [0.15, 0.2) is 0 Å². The number of furan rings is 1. The van der Waals surface area contributed by atoms with Crippen LogP contribution in [0.3, 0.4) is 0 Å². The van der Waals surface area contributed by atoms with Gasteiger partial charge in [-0.2, -0.15) is 0 Å². The smallest absolute Gasteiger partial charge is 0.213 e. The largest absolute Gasteiger partial charge is 0.439 e. The molecule has 0 radical (unpaired) electrons. The van der Waals surface area contributed by atoms with Crippen LogP contribution in [0.1, 0.15) is 0 Å². The molecule has 0 unspecified atom stereocenters. The zero-order valence-corrected chi connectivity index (χ0v) is 22.2. The van der Waals surface area contributed by atoms with Crippen LogP contribution in [0.15, 0.2) is 150 Å². The molecular weight excluding hydrogens is 500 g/mol. The van der Waals surface area contributed by atoms with E-state index >= 15 is 0 Å². The lowest BCUT2D eigenvalue weighted by Gasteiger charge is -2.11. The second-order valence-electron chi connectivity index (χ2n) is 10.6. The number of benzene rings is 6. The zero-order chi connectivity index (χ0) is 26.9. The number of aromatic nitrogens is 2. The summed E-state index contributed by atoms with van der Waals surface area (Å²) >= 11 is 0. The second-order valence-corrected chi connectivity index (χ2v) is 10.6. The number of hydrogen-bond acceptors (Lipinski definition) is 1. The van der Waals surface area contributed by atoms with Crippen molar-refractivity contribution in [3.63, 3.8) is 0 Å². The van der Waals surface area contributed by atoms with Crippen LogP contribution in [-0.4, -0.2) is 9.13 Å². The van der Waals surface area contributed by atoms with Gasteiger partial charge < -0.3 is 8.98 Å². The van der Waals surface area contributed by atoms with Gasteiger partial charge in [0.05, 0.1) is 21.9 Å². The van der Waals surface area contributed by atoms with Crippen molar-refractivity contribution in [3.05, 3.63) is 146 Å². The second kappa shape index (κ2) is 8.48. The number of nitrogens with zero attached hydrogens (tertiary/aromatic N) is 2. The summed E-state index contributed by atoms with van der Waals surface area (Å²) in [6.07, 6.45) is 0. The number of rotatable bonds is 3. The first-order chi connectivity index (χ1) is 20.3. The van der Waals surface area contributed by atoms with Crippen molar-refractivity contribution < 1.29 is 4.42 Å². The Balaban J connectivity index is 1.18. The van der Waals surface area contributed by atoms with Crippen molar-refractivity contribution in [2.45, 2.75) is 0 Å². The highest BCUT2D eigenvalue weighted by Gasteiger charge is 2.19. The average Bonchev–Trinajstić information content (AvgIpc) is 3.68. The molecule has 0 N–H and O–H groups in total. The molecule has 0 aliphatic rings. The molecule has 0 aliphatic heterocycles. The lowest BCUT2D eigenvalue weighted by molar-refractivity contribution is 0.645. The molecule has 9 rings (SSSR count). The molecule has 0 bridgehead atoms. The quantitative estimate of drug-likeness (QED) is 0.225. The maximum Gasteiger partial charge on any atom is 0.213 e. The Kier molecular flexibility index (Phi) is 4.61. The predicted molar refractivity (Wildman–Crippen MR) is 170 cm³/mol. The van der Waals surface area contributed by atoms with E-state index in [1.54, 1.807) is 0 Å². The predicted octanol–water partition coefficient (Wildman–Crippen LogP) is 10.3. The maximum absolute atomic E-state index is 6.43. The molecule has 3 heterocycles. The van der Waals surface area contributed by atoms with Gasteiger partial charge in [0.2, 0.25) is 5.71 Å². The van der Waals surface area contributed by atoms with Crippen molar-refractivity contribution in [1.29, 1.82) is 0 Å². The standard InChI is InChI=1S/C38H24N2O/c1-5-16-33-29(12-1)30-13-2-6-17-34(30)39(33)28-11-9-10-26(24-28)25-20-22-27(23-21-25)40-35-18-7-3-14-31(35)37-32-15-4-8-19-36(32)41-38(37)40/h1-24H. The first kappa shape index (κ1) is 22.3. The summed E-state index contributed by atoms with van der Waals surface area (Å²) < 4.78 is 11.0. The van der Waals surface area contributed by atoms with Crippen molar-refractivity contribution in [2.75, 3.05) is 0 Å². The van der Waals surface area contributed by atoms with Gasteiger partial charge in [-0.3, -0.25) is 4.57 Å². The van der Waals surface area contributed by atoms with Crippen LogP contribution in [-0.2, 0) is 0 Å². The van der Waals surface area contributed by atoms with E-state index in [2.05, 4.69) is 143 Å². The van der Waals surface area contributed by atoms with Crippen LogP contribution in [0, 0.1) is 0 Å². The normalized spacial score (nSPS) is 11.9. The number of hydrogen-bond donors (Lipinski definition) is 0. The van der Waals surface area contributed by atoms with E-state index in [1.807, 2.05) is 12.1 Å². The lowest BCUT2D eigenvalue weighted by Crippen LogP contribution is -1.95. The molecule has 0 amide bonds. The van der Waals surface area contributed by atoms with Crippen molar-refractivity contribution in [2.24, 2.45) is 0 Å². The fraction of sp³-hybridized carbons (Fsp3) is 0. The molecule has 0 spiro atoms. The molecule has 9 aromatic rings. The molecule has 0 saturated carbocycles. The van der Waals surface area contributed by atoms with E-state index in [0.717, 1.165) is 33.6 Å². The van der Waals surface area contributed by atoms with Crippen LogP contribution in [0.4, 0.5) is 0 Å². The molecule has 0 aliphatic carbocycles. The molecule has 3 heteroatoms. The molecule has 0 saturated heterocycles. The molecule has 3 aromatic heterocycles. The van der Waals surface area contributed by atoms with Crippen molar-refractivity contribution in [3.8, 4) is 22.5 Å². The summed E-state index contributed by atoms with van der Waals surface area (Å²) in [5.41, 5.74) is 9.97. The highest BCUT2D eigenvalue weighted by atomic mass is 16.3. The average molecular weight is 525 g/mol.